The molecule has 0 spiro atoms. The summed E-state index contributed by atoms with van der Waals surface area (Å²) in [4.78, 5) is 16.6. The van der Waals surface area contributed by atoms with Gasteiger partial charge in [0.05, 0.1) is 31.7 Å². The topological polar surface area (TPSA) is 72.5 Å². The van der Waals surface area contributed by atoms with Crippen LogP contribution in [0.2, 0.25) is 5.02 Å². The van der Waals surface area contributed by atoms with Gasteiger partial charge in [0, 0.05) is 29.5 Å². The smallest absolute Gasteiger partial charge is 0.253 e. The summed E-state index contributed by atoms with van der Waals surface area (Å²) in [6.07, 6.45) is 3.17. The summed E-state index contributed by atoms with van der Waals surface area (Å²) in [5.74, 6) is 1.04. The van der Waals surface area contributed by atoms with Crippen LogP contribution in [-0.4, -0.2) is 25.1 Å². The molecular formula is C21H20ClN3O3. The number of halogens is 1. The third kappa shape index (κ3) is 4.92. The van der Waals surface area contributed by atoms with Gasteiger partial charge in [0.2, 0.25) is 0 Å². The molecule has 0 aliphatic rings. The highest BCUT2D eigenvalue weighted by Crippen LogP contribution is 2.31. The van der Waals surface area contributed by atoms with E-state index >= 15 is 0 Å². The average molecular weight is 398 g/mol. The van der Waals surface area contributed by atoms with E-state index in [9.17, 15) is 4.79 Å². The number of hydrogen-bond donors (Lipinski definition) is 2. The molecule has 7 heteroatoms. The molecule has 0 bridgehead atoms. The average Bonchev–Trinajstić information content (AvgIpc) is 2.73. The molecule has 2 N–H and O–H groups in total. The molecule has 0 fully saturated rings. The van der Waals surface area contributed by atoms with Crippen LogP contribution in [0.4, 0.5) is 11.4 Å². The minimum Gasteiger partial charge on any atom is -0.493 e. The van der Waals surface area contributed by atoms with E-state index in [1.807, 2.05) is 24.3 Å². The van der Waals surface area contributed by atoms with Gasteiger partial charge in [-0.2, -0.15) is 0 Å². The largest absolute Gasteiger partial charge is 0.493 e. The third-order valence-electron chi connectivity index (χ3n) is 4.04. The molecule has 0 saturated heterocycles. The van der Waals surface area contributed by atoms with Gasteiger partial charge in [0.15, 0.2) is 11.5 Å². The zero-order chi connectivity index (χ0) is 19.9. The van der Waals surface area contributed by atoms with E-state index in [4.69, 9.17) is 21.1 Å². The summed E-state index contributed by atoms with van der Waals surface area (Å²) >= 11 is 5.87. The predicted molar refractivity (Wildman–Crippen MR) is 110 cm³/mol. The number of methoxy groups -OCH3 is 2. The number of aromatic nitrogens is 1. The highest BCUT2D eigenvalue weighted by molar-refractivity contribution is 6.30. The van der Waals surface area contributed by atoms with Crippen molar-refractivity contribution < 1.29 is 14.3 Å². The number of anilines is 2. The minimum absolute atomic E-state index is 0.210. The lowest BCUT2D eigenvalue weighted by atomic mass is 10.2. The van der Waals surface area contributed by atoms with Crippen LogP contribution >= 0.6 is 11.6 Å². The summed E-state index contributed by atoms with van der Waals surface area (Å²) in [5, 5.41) is 6.75. The van der Waals surface area contributed by atoms with Crippen molar-refractivity contribution in [1.82, 2.24) is 10.3 Å². The molecule has 0 unspecified atom stereocenters. The Morgan fingerprint density at radius 1 is 0.964 bits per heavy atom. The van der Waals surface area contributed by atoms with Crippen LogP contribution in [0.3, 0.4) is 0 Å². The van der Waals surface area contributed by atoms with Crippen molar-refractivity contribution in [2.24, 2.45) is 0 Å². The van der Waals surface area contributed by atoms with Crippen molar-refractivity contribution in [3.05, 3.63) is 77.1 Å². The maximum absolute atomic E-state index is 12.4. The number of carbonyl (C=O) groups is 1. The predicted octanol–water partition coefficient (Wildman–Crippen LogP) is 4.43. The van der Waals surface area contributed by atoms with E-state index in [-0.39, 0.29) is 5.91 Å². The van der Waals surface area contributed by atoms with Crippen LogP contribution in [0.5, 0.6) is 11.5 Å². The fraction of sp³-hybridized carbons (Fsp3) is 0.143. The maximum Gasteiger partial charge on any atom is 0.253 e. The Morgan fingerprint density at radius 3 is 2.43 bits per heavy atom. The molecule has 0 saturated carbocycles. The van der Waals surface area contributed by atoms with Crippen molar-refractivity contribution >= 4 is 28.9 Å². The first kappa shape index (κ1) is 19.5. The van der Waals surface area contributed by atoms with E-state index in [1.54, 1.807) is 44.7 Å². The van der Waals surface area contributed by atoms with Gasteiger partial charge in [0.25, 0.3) is 5.91 Å². The molecule has 144 valence electrons. The molecule has 2 aromatic carbocycles. The summed E-state index contributed by atoms with van der Waals surface area (Å²) in [6, 6.07) is 14.5. The van der Waals surface area contributed by atoms with Gasteiger partial charge in [0.1, 0.15) is 0 Å². The number of pyridine rings is 1. The fourth-order valence-corrected chi connectivity index (χ4v) is 2.73. The molecule has 6 nitrogen and oxygen atoms in total. The maximum atomic E-state index is 12.4. The summed E-state index contributed by atoms with van der Waals surface area (Å²) < 4.78 is 10.5. The minimum atomic E-state index is -0.210. The van der Waals surface area contributed by atoms with Crippen molar-refractivity contribution in [3.63, 3.8) is 0 Å². The number of nitrogens with zero attached hydrogens (tertiary/aromatic N) is 1. The van der Waals surface area contributed by atoms with Crippen molar-refractivity contribution in [1.29, 1.82) is 0 Å². The number of ether oxygens (including phenoxy) is 2. The Hall–Kier alpha value is -3.25. The van der Waals surface area contributed by atoms with Crippen molar-refractivity contribution in [2.45, 2.75) is 6.54 Å². The Balaban J connectivity index is 1.67. The van der Waals surface area contributed by atoms with Crippen LogP contribution in [0.25, 0.3) is 0 Å². The second kappa shape index (κ2) is 9.10. The molecule has 1 aromatic heterocycles. The number of hydrogen-bond acceptors (Lipinski definition) is 5. The van der Waals surface area contributed by atoms with E-state index in [2.05, 4.69) is 15.6 Å². The second-order valence-corrected chi connectivity index (χ2v) is 6.40. The van der Waals surface area contributed by atoms with E-state index in [0.29, 0.717) is 34.3 Å². The fourth-order valence-electron chi connectivity index (χ4n) is 2.60. The molecule has 3 rings (SSSR count). The number of rotatable bonds is 7. The SMILES string of the molecule is COc1ccc(Nc2cncc(C(=O)NCc3ccc(Cl)cc3)c2)cc1OC. The molecule has 28 heavy (non-hydrogen) atoms. The quantitative estimate of drug-likeness (QED) is 0.617. The van der Waals surface area contributed by atoms with Gasteiger partial charge in [-0.3, -0.25) is 9.78 Å². The zero-order valence-corrected chi connectivity index (χ0v) is 16.3. The lowest BCUT2D eigenvalue weighted by molar-refractivity contribution is 0.0950. The molecule has 0 radical (unpaired) electrons. The molecule has 3 aromatic rings. The van der Waals surface area contributed by atoms with Gasteiger partial charge in [-0.25, -0.2) is 0 Å². The molecule has 0 aliphatic carbocycles. The summed E-state index contributed by atoms with van der Waals surface area (Å²) in [5.41, 5.74) is 2.90. The third-order valence-corrected chi connectivity index (χ3v) is 4.29. The first-order valence-electron chi connectivity index (χ1n) is 8.56. The lowest BCUT2D eigenvalue weighted by Crippen LogP contribution is -2.23. The number of nitrogens with one attached hydrogen (secondary N) is 2. The molecule has 1 heterocycles. The first-order valence-corrected chi connectivity index (χ1v) is 8.93. The monoisotopic (exact) mass is 397 g/mol. The van der Waals surface area contributed by atoms with Crippen molar-refractivity contribution in [2.75, 3.05) is 19.5 Å². The van der Waals surface area contributed by atoms with Gasteiger partial charge < -0.3 is 20.1 Å². The second-order valence-electron chi connectivity index (χ2n) is 5.97. The van der Waals surface area contributed by atoms with E-state index < -0.39 is 0 Å². The normalized spacial score (nSPS) is 10.2. The van der Waals surface area contributed by atoms with Gasteiger partial charge in [-0.1, -0.05) is 23.7 Å². The van der Waals surface area contributed by atoms with Gasteiger partial charge >= 0.3 is 0 Å². The summed E-state index contributed by atoms with van der Waals surface area (Å²) in [7, 11) is 3.16. The zero-order valence-electron chi connectivity index (χ0n) is 15.5. The van der Waals surface area contributed by atoms with E-state index in [0.717, 1.165) is 11.3 Å². The number of carbonyl (C=O) groups excluding carboxylic acids is 1. The van der Waals surface area contributed by atoms with Crippen LogP contribution in [0.15, 0.2) is 60.9 Å². The Kier molecular flexibility index (Phi) is 6.34. The van der Waals surface area contributed by atoms with Crippen LogP contribution in [0, 0.1) is 0 Å². The molecule has 1 amide bonds. The molecule has 0 aliphatic heterocycles. The Labute approximate surface area is 168 Å². The first-order chi connectivity index (χ1) is 13.6. The Bertz CT molecular complexity index is 961. The van der Waals surface area contributed by atoms with Gasteiger partial charge in [-0.15, -0.1) is 0 Å². The molecule has 0 atom stereocenters. The summed E-state index contributed by atoms with van der Waals surface area (Å²) in [6.45, 7) is 0.406. The Morgan fingerprint density at radius 2 is 1.71 bits per heavy atom. The standard InChI is InChI=1S/C21H20ClN3O3/c1-27-19-8-7-17(10-20(19)28-2)25-18-9-15(12-23-13-18)21(26)24-11-14-3-5-16(22)6-4-14/h3-10,12-13,25H,11H2,1-2H3,(H,24,26). The van der Waals surface area contributed by atoms with Crippen molar-refractivity contribution in [3.8, 4) is 11.5 Å². The number of benzene rings is 2. The van der Waals surface area contributed by atoms with Crippen LogP contribution in [-0.2, 0) is 6.54 Å². The van der Waals surface area contributed by atoms with Gasteiger partial charge in [-0.05, 0) is 35.9 Å². The highest BCUT2D eigenvalue weighted by Gasteiger charge is 2.09. The van der Waals surface area contributed by atoms with E-state index in [1.165, 1.54) is 6.20 Å². The van der Waals surface area contributed by atoms with Crippen LogP contribution in [0.1, 0.15) is 15.9 Å². The molecular weight excluding hydrogens is 378 g/mol. The number of amides is 1. The highest BCUT2D eigenvalue weighted by atomic mass is 35.5. The van der Waals surface area contributed by atoms with Crippen LogP contribution < -0.4 is 20.1 Å². The lowest BCUT2D eigenvalue weighted by Gasteiger charge is -2.12.